The van der Waals surface area contributed by atoms with E-state index in [1.807, 2.05) is 61.5 Å². The second-order valence-electron chi connectivity index (χ2n) is 6.64. The predicted molar refractivity (Wildman–Crippen MR) is 107 cm³/mol. The lowest BCUT2D eigenvalue weighted by Gasteiger charge is -2.33. The summed E-state index contributed by atoms with van der Waals surface area (Å²) < 4.78 is 10.9. The lowest BCUT2D eigenvalue weighted by Crippen LogP contribution is -2.42. The first-order chi connectivity index (χ1) is 11.6. The van der Waals surface area contributed by atoms with Gasteiger partial charge < -0.3 is 19.3 Å². The lowest BCUT2D eigenvalue weighted by atomic mass is 9.73. The summed E-state index contributed by atoms with van der Waals surface area (Å²) in [7, 11) is -0.911. The maximum Gasteiger partial charge on any atom is 0.487 e. The summed E-state index contributed by atoms with van der Waals surface area (Å²) in [6, 6.07) is 0. The molecule has 0 radical (unpaired) electrons. The van der Waals surface area contributed by atoms with E-state index in [1.165, 1.54) is 0 Å². The third kappa shape index (κ3) is 9.90. The first-order valence-corrected chi connectivity index (χ1v) is 9.64. The van der Waals surface area contributed by atoms with E-state index < -0.39 is 12.7 Å². The molecule has 0 fully saturated rings. The van der Waals surface area contributed by atoms with Crippen molar-refractivity contribution in [1.29, 1.82) is 0 Å². The topological polar surface area (TPSA) is 59.0 Å². The Morgan fingerprint density at radius 3 is 2.08 bits per heavy atom. The molecule has 1 aliphatic heterocycles. The van der Waals surface area contributed by atoms with Gasteiger partial charge in [0.15, 0.2) is 0 Å². The Balaban J connectivity index is 0. The number of rotatable bonds is 5. The fourth-order valence-electron chi connectivity index (χ4n) is 1.85. The van der Waals surface area contributed by atoms with Crippen molar-refractivity contribution < 1.29 is 19.2 Å². The zero-order valence-corrected chi connectivity index (χ0v) is 18.0. The zero-order chi connectivity index (χ0) is 20.2. The summed E-state index contributed by atoms with van der Waals surface area (Å²) in [4.78, 5) is 13.4. The first kappa shape index (κ1) is 26.2. The monoisotopic (exact) mass is 357 g/mol. The third-order valence-corrected chi connectivity index (χ3v) is 3.96. The van der Waals surface area contributed by atoms with Crippen molar-refractivity contribution in [2.24, 2.45) is 5.92 Å². The SMILES string of the molecule is CC.CC.CC(C)OC(=O)N1CC=C(B(O)OC(C)(C)C(C)C)CC1. The van der Waals surface area contributed by atoms with Crippen LogP contribution in [0.5, 0.6) is 0 Å². The van der Waals surface area contributed by atoms with Crippen LogP contribution >= 0.6 is 0 Å². The van der Waals surface area contributed by atoms with Gasteiger partial charge in [-0.15, -0.1) is 0 Å². The number of ether oxygens (including phenoxy) is 1. The van der Waals surface area contributed by atoms with Crippen molar-refractivity contribution in [2.45, 2.75) is 87.4 Å². The van der Waals surface area contributed by atoms with Gasteiger partial charge in [0.05, 0.1) is 11.7 Å². The number of hydrogen-bond acceptors (Lipinski definition) is 4. The molecule has 5 nitrogen and oxygen atoms in total. The van der Waals surface area contributed by atoms with Gasteiger partial charge in [-0.2, -0.15) is 0 Å². The highest BCUT2D eigenvalue weighted by Crippen LogP contribution is 2.24. The quantitative estimate of drug-likeness (QED) is 0.726. The average molecular weight is 357 g/mol. The van der Waals surface area contributed by atoms with Crippen LogP contribution in [0.4, 0.5) is 4.79 Å². The summed E-state index contributed by atoms with van der Waals surface area (Å²) in [5.41, 5.74) is 0.436. The van der Waals surface area contributed by atoms with Crippen LogP contribution in [-0.4, -0.2) is 47.9 Å². The van der Waals surface area contributed by atoms with Crippen LogP contribution in [0.15, 0.2) is 11.5 Å². The van der Waals surface area contributed by atoms with Gasteiger partial charge >= 0.3 is 13.2 Å². The molecule has 1 N–H and O–H groups in total. The number of hydrogen-bond donors (Lipinski definition) is 1. The maximum atomic E-state index is 11.8. The van der Waals surface area contributed by atoms with E-state index in [0.29, 0.717) is 25.4 Å². The van der Waals surface area contributed by atoms with Gasteiger partial charge in [0.2, 0.25) is 0 Å². The normalized spacial score (nSPS) is 14.1. The van der Waals surface area contributed by atoms with Crippen molar-refractivity contribution in [1.82, 2.24) is 4.90 Å². The van der Waals surface area contributed by atoms with Crippen LogP contribution < -0.4 is 0 Å². The van der Waals surface area contributed by atoms with Crippen molar-refractivity contribution >= 4 is 13.2 Å². The van der Waals surface area contributed by atoms with Crippen LogP contribution in [0.25, 0.3) is 0 Å². The van der Waals surface area contributed by atoms with Gasteiger partial charge in [-0.05, 0) is 45.5 Å². The Morgan fingerprint density at radius 2 is 1.72 bits per heavy atom. The smallest absolute Gasteiger partial charge is 0.447 e. The molecular formula is C19H40BNO4. The molecule has 0 aliphatic carbocycles. The molecule has 1 aliphatic rings. The molecule has 148 valence electrons. The Labute approximate surface area is 155 Å². The molecule has 0 spiro atoms. The van der Waals surface area contributed by atoms with Gasteiger partial charge in [-0.1, -0.05) is 47.6 Å². The number of amides is 1. The predicted octanol–water partition coefficient (Wildman–Crippen LogP) is 4.69. The molecule has 25 heavy (non-hydrogen) atoms. The van der Waals surface area contributed by atoms with E-state index in [4.69, 9.17) is 9.39 Å². The maximum absolute atomic E-state index is 11.8. The first-order valence-electron chi connectivity index (χ1n) is 9.64. The third-order valence-electron chi connectivity index (χ3n) is 3.96. The average Bonchev–Trinajstić information content (AvgIpc) is 2.57. The van der Waals surface area contributed by atoms with E-state index in [1.54, 1.807) is 4.90 Å². The lowest BCUT2D eigenvalue weighted by molar-refractivity contribution is 0.0397. The summed E-state index contributed by atoms with van der Waals surface area (Å²) in [6.07, 6.45) is 2.02. The van der Waals surface area contributed by atoms with Gasteiger partial charge in [0.25, 0.3) is 0 Å². The molecule has 0 saturated heterocycles. The Hall–Kier alpha value is -1.01. The fourth-order valence-corrected chi connectivity index (χ4v) is 1.85. The van der Waals surface area contributed by atoms with E-state index >= 15 is 0 Å². The van der Waals surface area contributed by atoms with E-state index in [0.717, 1.165) is 5.47 Å². The van der Waals surface area contributed by atoms with E-state index in [-0.39, 0.29) is 12.2 Å². The fraction of sp³-hybridized carbons (Fsp3) is 0.842. The minimum atomic E-state index is -0.911. The zero-order valence-electron chi connectivity index (χ0n) is 18.0. The highest BCUT2D eigenvalue weighted by molar-refractivity contribution is 6.52. The summed E-state index contributed by atoms with van der Waals surface area (Å²) in [6.45, 7) is 20.7. The molecule has 0 aromatic rings. The van der Waals surface area contributed by atoms with Gasteiger partial charge in [0.1, 0.15) is 0 Å². The minimum Gasteiger partial charge on any atom is -0.447 e. The molecule has 0 saturated carbocycles. The van der Waals surface area contributed by atoms with Crippen molar-refractivity contribution in [3.05, 3.63) is 11.5 Å². The van der Waals surface area contributed by atoms with E-state index in [9.17, 15) is 9.82 Å². The van der Waals surface area contributed by atoms with Gasteiger partial charge in [-0.25, -0.2) is 4.79 Å². The molecule has 0 atom stereocenters. The van der Waals surface area contributed by atoms with Crippen LogP contribution in [-0.2, 0) is 9.39 Å². The molecule has 0 unspecified atom stereocenters. The second kappa shape index (κ2) is 13.2. The second-order valence-corrected chi connectivity index (χ2v) is 6.64. The van der Waals surface area contributed by atoms with Crippen molar-refractivity contribution in [2.75, 3.05) is 13.1 Å². The Kier molecular flexibility index (Phi) is 13.9. The van der Waals surface area contributed by atoms with Crippen LogP contribution in [0.2, 0.25) is 0 Å². The summed E-state index contributed by atoms with van der Waals surface area (Å²) in [5.74, 6) is 0.300. The summed E-state index contributed by atoms with van der Waals surface area (Å²) >= 11 is 0. The Morgan fingerprint density at radius 1 is 1.20 bits per heavy atom. The highest BCUT2D eigenvalue weighted by Gasteiger charge is 2.33. The highest BCUT2D eigenvalue weighted by atomic mass is 16.6. The standard InChI is InChI=1S/C15H28BNO4.2C2H6/c1-11(2)15(5,6)21-16(19)13-7-9-17(10-8-13)14(18)20-12(3)4;2*1-2/h7,11-12,19H,8-10H2,1-6H3;2*1-2H3. The van der Waals surface area contributed by atoms with Crippen LogP contribution in [0.1, 0.15) is 75.7 Å². The molecular weight excluding hydrogens is 317 g/mol. The van der Waals surface area contributed by atoms with Crippen molar-refractivity contribution in [3.8, 4) is 0 Å². The summed E-state index contributed by atoms with van der Waals surface area (Å²) in [5, 5.41) is 10.2. The number of carbonyl (C=O) groups excluding carboxylic acids is 1. The molecule has 6 heteroatoms. The minimum absolute atomic E-state index is 0.122. The number of nitrogens with zero attached hydrogens (tertiary/aromatic N) is 1. The number of carbonyl (C=O) groups is 1. The Bertz CT molecular complexity index is 395. The van der Waals surface area contributed by atoms with Gasteiger partial charge in [0, 0.05) is 13.1 Å². The molecule has 0 bridgehead atoms. The molecule has 0 aromatic carbocycles. The molecule has 1 heterocycles. The molecule has 1 rings (SSSR count). The van der Waals surface area contributed by atoms with Crippen LogP contribution in [0, 0.1) is 5.92 Å². The molecule has 1 amide bonds. The van der Waals surface area contributed by atoms with E-state index in [2.05, 4.69) is 13.8 Å². The van der Waals surface area contributed by atoms with Gasteiger partial charge in [-0.3, -0.25) is 0 Å². The van der Waals surface area contributed by atoms with Crippen LogP contribution in [0.3, 0.4) is 0 Å². The molecule has 0 aromatic heterocycles. The largest absolute Gasteiger partial charge is 0.487 e. The van der Waals surface area contributed by atoms with Crippen molar-refractivity contribution in [3.63, 3.8) is 0 Å².